The summed E-state index contributed by atoms with van der Waals surface area (Å²) in [5.41, 5.74) is 8.44. The van der Waals surface area contributed by atoms with Crippen LogP contribution in [0, 0.1) is 21.9 Å². The fourth-order valence-corrected chi connectivity index (χ4v) is 2.57. The van der Waals surface area contributed by atoms with Gasteiger partial charge in [0.05, 0.1) is 18.3 Å². The summed E-state index contributed by atoms with van der Waals surface area (Å²) in [5.74, 6) is 0.860. The van der Waals surface area contributed by atoms with Gasteiger partial charge in [0.2, 0.25) is 0 Å². The fourth-order valence-electron chi connectivity index (χ4n) is 2.29. The van der Waals surface area contributed by atoms with Crippen LogP contribution >= 0.6 is 12.2 Å². The van der Waals surface area contributed by atoms with Crippen LogP contribution in [0.2, 0.25) is 0 Å². The highest BCUT2D eigenvalue weighted by Crippen LogP contribution is 2.30. The van der Waals surface area contributed by atoms with Crippen LogP contribution in [-0.4, -0.2) is 10.7 Å². The average Bonchev–Trinajstić information content (AvgIpc) is 2.36. The SMILES string of the molecule is CC(C)[C@@H]1Cc2c(C#N)c(N)n(C)c(=S)c2CO1. The Morgan fingerprint density at radius 2 is 2.17 bits per heavy atom. The van der Waals surface area contributed by atoms with Crippen molar-refractivity contribution in [1.29, 1.82) is 5.26 Å². The number of nitrogen functional groups attached to an aromatic ring is 1. The molecule has 2 heterocycles. The van der Waals surface area contributed by atoms with Crippen molar-refractivity contribution in [3.63, 3.8) is 0 Å². The highest BCUT2D eigenvalue weighted by molar-refractivity contribution is 7.71. The third-order valence-electron chi connectivity index (χ3n) is 3.55. The Balaban J connectivity index is 2.63. The summed E-state index contributed by atoms with van der Waals surface area (Å²) in [7, 11) is 1.79. The molecular weight excluding hydrogens is 246 g/mol. The quantitative estimate of drug-likeness (QED) is 0.790. The fraction of sp³-hybridized carbons (Fsp3) is 0.538. The maximum atomic E-state index is 9.30. The molecule has 96 valence electrons. The van der Waals surface area contributed by atoms with E-state index in [4.69, 9.17) is 22.7 Å². The van der Waals surface area contributed by atoms with Crippen LogP contribution < -0.4 is 5.73 Å². The van der Waals surface area contributed by atoms with Crippen molar-refractivity contribution in [2.24, 2.45) is 13.0 Å². The van der Waals surface area contributed by atoms with Crippen LogP contribution in [0.3, 0.4) is 0 Å². The van der Waals surface area contributed by atoms with Gasteiger partial charge in [-0.15, -0.1) is 0 Å². The number of hydrogen-bond acceptors (Lipinski definition) is 4. The molecule has 0 radical (unpaired) electrons. The van der Waals surface area contributed by atoms with Gasteiger partial charge in [-0.2, -0.15) is 5.26 Å². The average molecular weight is 263 g/mol. The molecule has 0 amide bonds. The number of nitrogens with zero attached hydrogens (tertiary/aromatic N) is 2. The highest BCUT2D eigenvalue weighted by Gasteiger charge is 2.27. The molecule has 0 saturated heterocycles. The number of nitrogens with two attached hydrogens (primary N) is 1. The number of rotatable bonds is 1. The van der Waals surface area contributed by atoms with E-state index in [2.05, 4.69) is 19.9 Å². The zero-order valence-corrected chi connectivity index (χ0v) is 11.7. The predicted molar refractivity (Wildman–Crippen MR) is 72.5 cm³/mol. The monoisotopic (exact) mass is 263 g/mol. The number of ether oxygens (including phenoxy) is 1. The summed E-state index contributed by atoms with van der Waals surface area (Å²) in [6.07, 6.45) is 0.844. The molecule has 4 nitrogen and oxygen atoms in total. The second-order valence-electron chi connectivity index (χ2n) is 4.99. The minimum Gasteiger partial charge on any atom is -0.384 e. The Morgan fingerprint density at radius 1 is 1.50 bits per heavy atom. The lowest BCUT2D eigenvalue weighted by Gasteiger charge is -2.29. The molecule has 0 unspecified atom stereocenters. The maximum Gasteiger partial charge on any atom is 0.122 e. The van der Waals surface area contributed by atoms with E-state index < -0.39 is 0 Å². The summed E-state index contributed by atoms with van der Waals surface area (Å²) in [6.45, 7) is 4.70. The standard InChI is InChI=1S/C13H17N3OS/c1-7(2)11-4-8-9(5-14)12(15)16(3)13(18)10(8)6-17-11/h7,11H,4,6,15H2,1-3H3/t11-/m0/s1. The summed E-state index contributed by atoms with van der Waals surface area (Å²) in [6, 6.07) is 2.20. The first-order valence-electron chi connectivity index (χ1n) is 5.99. The van der Waals surface area contributed by atoms with Gasteiger partial charge in [-0.3, -0.25) is 0 Å². The Morgan fingerprint density at radius 3 is 2.72 bits per heavy atom. The Labute approximate surface area is 112 Å². The van der Waals surface area contributed by atoms with E-state index in [0.29, 0.717) is 35.0 Å². The minimum atomic E-state index is 0.131. The molecule has 0 bridgehead atoms. The van der Waals surface area contributed by atoms with Gasteiger partial charge in [0.15, 0.2) is 0 Å². The van der Waals surface area contributed by atoms with Gasteiger partial charge in [0.25, 0.3) is 0 Å². The number of pyridine rings is 1. The maximum absolute atomic E-state index is 9.30. The summed E-state index contributed by atoms with van der Waals surface area (Å²) >= 11 is 5.37. The van der Waals surface area contributed by atoms with Gasteiger partial charge in [-0.1, -0.05) is 26.1 Å². The van der Waals surface area contributed by atoms with Gasteiger partial charge >= 0.3 is 0 Å². The van der Waals surface area contributed by atoms with E-state index in [9.17, 15) is 5.26 Å². The van der Waals surface area contributed by atoms with Crippen molar-refractivity contribution in [1.82, 2.24) is 4.57 Å². The van der Waals surface area contributed by atoms with Crippen molar-refractivity contribution in [2.75, 3.05) is 5.73 Å². The molecule has 1 aromatic rings. The first-order valence-corrected chi connectivity index (χ1v) is 6.40. The molecule has 0 fully saturated rings. The molecular formula is C13H17N3OS. The van der Waals surface area contributed by atoms with Crippen molar-refractivity contribution >= 4 is 18.0 Å². The molecule has 0 spiro atoms. The molecule has 5 heteroatoms. The molecule has 0 saturated carbocycles. The number of anilines is 1. The van der Waals surface area contributed by atoms with Crippen LogP contribution in [0.1, 0.15) is 30.5 Å². The van der Waals surface area contributed by atoms with E-state index in [1.54, 1.807) is 11.6 Å². The van der Waals surface area contributed by atoms with Crippen molar-refractivity contribution < 1.29 is 4.74 Å². The van der Waals surface area contributed by atoms with E-state index in [0.717, 1.165) is 11.1 Å². The molecule has 2 N–H and O–H groups in total. The second kappa shape index (κ2) is 4.71. The Kier molecular flexibility index (Phi) is 3.42. The smallest absolute Gasteiger partial charge is 0.122 e. The lowest BCUT2D eigenvalue weighted by atomic mass is 9.91. The Hall–Kier alpha value is -1.38. The lowest BCUT2D eigenvalue weighted by molar-refractivity contribution is -0.000915. The molecule has 1 aliphatic heterocycles. The summed E-state index contributed by atoms with van der Waals surface area (Å²) in [5, 5.41) is 9.30. The van der Waals surface area contributed by atoms with Crippen molar-refractivity contribution in [2.45, 2.75) is 33.0 Å². The molecule has 0 aromatic carbocycles. The number of fused-ring (bicyclic) bond motifs is 1. The molecule has 1 aromatic heterocycles. The third-order valence-corrected chi connectivity index (χ3v) is 4.07. The molecule has 1 aliphatic rings. The first-order chi connectivity index (χ1) is 8.47. The lowest BCUT2D eigenvalue weighted by Crippen LogP contribution is -2.29. The number of hydrogen-bond donors (Lipinski definition) is 1. The topological polar surface area (TPSA) is 64.0 Å². The number of aromatic nitrogens is 1. The van der Waals surface area contributed by atoms with Crippen LogP contribution in [0.4, 0.5) is 5.82 Å². The third kappa shape index (κ3) is 1.92. The van der Waals surface area contributed by atoms with Crippen LogP contribution in [0.5, 0.6) is 0 Å². The van der Waals surface area contributed by atoms with Gasteiger partial charge < -0.3 is 15.0 Å². The molecule has 2 rings (SSSR count). The molecule has 1 atom stereocenters. The second-order valence-corrected chi connectivity index (χ2v) is 5.38. The van der Waals surface area contributed by atoms with Gasteiger partial charge in [0.1, 0.15) is 16.5 Å². The predicted octanol–water partition coefficient (Wildman–Crippen LogP) is 2.31. The zero-order valence-electron chi connectivity index (χ0n) is 10.9. The van der Waals surface area contributed by atoms with Gasteiger partial charge in [0, 0.05) is 19.0 Å². The number of nitriles is 1. The van der Waals surface area contributed by atoms with Crippen molar-refractivity contribution in [3.8, 4) is 6.07 Å². The van der Waals surface area contributed by atoms with E-state index >= 15 is 0 Å². The van der Waals surface area contributed by atoms with Crippen LogP contribution in [0.15, 0.2) is 0 Å². The molecule has 18 heavy (non-hydrogen) atoms. The van der Waals surface area contributed by atoms with E-state index in [-0.39, 0.29) is 6.10 Å². The van der Waals surface area contributed by atoms with Crippen LogP contribution in [0.25, 0.3) is 0 Å². The highest BCUT2D eigenvalue weighted by atomic mass is 32.1. The minimum absolute atomic E-state index is 0.131. The van der Waals surface area contributed by atoms with Gasteiger partial charge in [-0.25, -0.2) is 0 Å². The first kappa shape index (κ1) is 13.1. The van der Waals surface area contributed by atoms with Crippen LogP contribution in [-0.2, 0) is 24.8 Å². The van der Waals surface area contributed by atoms with Gasteiger partial charge in [-0.05, 0) is 11.5 Å². The summed E-state index contributed by atoms with van der Waals surface area (Å²) < 4.78 is 8.17. The largest absolute Gasteiger partial charge is 0.384 e. The Bertz CT molecular complexity index is 583. The van der Waals surface area contributed by atoms with E-state index in [1.807, 2.05) is 0 Å². The summed E-state index contributed by atoms with van der Waals surface area (Å²) in [4.78, 5) is 0. The normalized spacial score (nSPS) is 18.5. The zero-order chi connectivity index (χ0) is 13.4. The van der Waals surface area contributed by atoms with E-state index in [1.165, 1.54) is 0 Å². The van der Waals surface area contributed by atoms with Crippen molar-refractivity contribution in [3.05, 3.63) is 21.3 Å². The molecule has 0 aliphatic carbocycles.